The predicted octanol–water partition coefficient (Wildman–Crippen LogP) is -3.73. The highest BCUT2D eigenvalue weighted by atomic mass is 16.4. The first kappa shape index (κ1) is 24.3. The molecule has 0 aromatic rings. The first-order chi connectivity index (χ1) is 12.5. The van der Waals surface area contributed by atoms with Gasteiger partial charge in [-0.15, -0.1) is 0 Å². The third kappa shape index (κ3) is 8.96. The molecule has 0 saturated carbocycles. The quantitative estimate of drug-likeness (QED) is 0.187. The number of hydrogen-bond acceptors (Lipinski definition) is 7. The Labute approximate surface area is 156 Å². The lowest BCUT2D eigenvalue weighted by atomic mass is 10.0. The molecule has 12 heteroatoms. The third-order valence-electron chi connectivity index (χ3n) is 3.44. The van der Waals surface area contributed by atoms with Gasteiger partial charge in [0.2, 0.25) is 23.6 Å². The number of carbonyl (C=O) groups is 5. The maximum Gasteiger partial charge on any atom is 0.326 e. The van der Waals surface area contributed by atoms with Crippen molar-refractivity contribution in [2.45, 2.75) is 38.9 Å². The molecule has 0 saturated heterocycles. The van der Waals surface area contributed by atoms with E-state index in [9.17, 15) is 24.0 Å². The predicted molar refractivity (Wildman–Crippen MR) is 93.1 cm³/mol. The van der Waals surface area contributed by atoms with Crippen LogP contribution in [0, 0.1) is 5.92 Å². The molecule has 8 N–H and O–H groups in total. The van der Waals surface area contributed by atoms with Gasteiger partial charge < -0.3 is 37.2 Å². The molecular formula is C15H27N5O7. The molecule has 0 bridgehead atoms. The minimum Gasteiger partial charge on any atom is -0.480 e. The summed E-state index contributed by atoms with van der Waals surface area (Å²) in [7, 11) is 0. The van der Waals surface area contributed by atoms with Crippen molar-refractivity contribution in [2.75, 3.05) is 19.7 Å². The van der Waals surface area contributed by atoms with Gasteiger partial charge in [-0.25, -0.2) is 4.79 Å². The minimum atomic E-state index is -1.27. The summed E-state index contributed by atoms with van der Waals surface area (Å²) in [6, 6.07) is -3.41. The van der Waals surface area contributed by atoms with Gasteiger partial charge in [-0.1, -0.05) is 13.8 Å². The highest BCUT2D eigenvalue weighted by Gasteiger charge is 2.26. The average Bonchev–Trinajstić information content (AvgIpc) is 2.60. The summed E-state index contributed by atoms with van der Waals surface area (Å²) in [5.74, 6) is -4.43. The molecule has 3 atom stereocenters. The lowest BCUT2D eigenvalue weighted by Crippen LogP contribution is -2.54. The van der Waals surface area contributed by atoms with Crippen LogP contribution < -0.4 is 27.0 Å². The molecule has 0 heterocycles. The maximum absolute atomic E-state index is 12.0. The Bertz CT molecular complexity index is 567. The van der Waals surface area contributed by atoms with Gasteiger partial charge in [0.15, 0.2) is 0 Å². The van der Waals surface area contributed by atoms with Crippen molar-refractivity contribution in [3.05, 3.63) is 0 Å². The van der Waals surface area contributed by atoms with E-state index in [0.29, 0.717) is 0 Å². The second-order valence-electron chi connectivity index (χ2n) is 6.08. The van der Waals surface area contributed by atoms with E-state index in [4.69, 9.17) is 15.9 Å². The fraction of sp³-hybridized carbons (Fsp3) is 0.667. The van der Waals surface area contributed by atoms with Crippen LogP contribution in [0.3, 0.4) is 0 Å². The number of nitrogens with one attached hydrogen (secondary N) is 4. The lowest BCUT2D eigenvalue weighted by Gasteiger charge is -2.21. The smallest absolute Gasteiger partial charge is 0.326 e. The number of hydrogen-bond donors (Lipinski definition) is 7. The normalized spacial score (nSPS) is 13.9. The van der Waals surface area contributed by atoms with Crippen LogP contribution in [-0.4, -0.2) is 77.6 Å². The van der Waals surface area contributed by atoms with Gasteiger partial charge in [0.05, 0.1) is 19.7 Å². The number of rotatable bonds is 11. The van der Waals surface area contributed by atoms with E-state index in [-0.39, 0.29) is 12.5 Å². The van der Waals surface area contributed by atoms with Crippen LogP contribution in [0.5, 0.6) is 0 Å². The van der Waals surface area contributed by atoms with E-state index >= 15 is 0 Å². The maximum atomic E-state index is 12.0. The molecule has 0 radical (unpaired) electrons. The molecule has 0 aliphatic rings. The Hall–Kier alpha value is -2.73. The van der Waals surface area contributed by atoms with Crippen LogP contribution in [0.25, 0.3) is 0 Å². The van der Waals surface area contributed by atoms with Crippen LogP contribution in [0.2, 0.25) is 0 Å². The Kier molecular flexibility index (Phi) is 10.6. The molecule has 0 spiro atoms. The number of aliphatic hydroxyl groups excluding tert-OH is 1. The summed E-state index contributed by atoms with van der Waals surface area (Å²) in [4.78, 5) is 57.8. The molecular weight excluding hydrogens is 362 g/mol. The highest BCUT2D eigenvalue weighted by molar-refractivity contribution is 5.93. The van der Waals surface area contributed by atoms with Gasteiger partial charge in [-0.3, -0.25) is 19.2 Å². The molecule has 0 unspecified atom stereocenters. The summed E-state index contributed by atoms with van der Waals surface area (Å²) in [5, 5.41) is 27.1. The van der Waals surface area contributed by atoms with Gasteiger partial charge in [0.25, 0.3) is 0 Å². The van der Waals surface area contributed by atoms with Gasteiger partial charge in [-0.05, 0) is 12.8 Å². The van der Waals surface area contributed by atoms with E-state index in [1.165, 1.54) is 6.92 Å². The van der Waals surface area contributed by atoms with Gasteiger partial charge >= 0.3 is 5.97 Å². The first-order valence-corrected chi connectivity index (χ1v) is 8.24. The number of nitrogens with two attached hydrogens (primary N) is 1. The van der Waals surface area contributed by atoms with Crippen LogP contribution in [0.1, 0.15) is 20.8 Å². The molecule has 0 aromatic carbocycles. The van der Waals surface area contributed by atoms with Crippen LogP contribution in [0.4, 0.5) is 0 Å². The van der Waals surface area contributed by atoms with Crippen molar-refractivity contribution < 1.29 is 34.2 Å². The highest BCUT2D eigenvalue weighted by Crippen LogP contribution is 2.02. The van der Waals surface area contributed by atoms with Gasteiger partial charge in [-0.2, -0.15) is 0 Å². The van der Waals surface area contributed by atoms with E-state index in [1.54, 1.807) is 13.8 Å². The largest absolute Gasteiger partial charge is 0.480 e. The van der Waals surface area contributed by atoms with Crippen LogP contribution >= 0.6 is 0 Å². The Balaban J connectivity index is 4.51. The Morgan fingerprint density at radius 1 is 0.926 bits per heavy atom. The molecule has 0 aromatic heterocycles. The number of carbonyl (C=O) groups excluding carboxylic acids is 4. The van der Waals surface area contributed by atoms with Crippen molar-refractivity contribution in [1.29, 1.82) is 0 Å². The summed E-state index contributed by atoms with van der Waals surface area (Å²) in [5.41, 5.74) is 5.09. The topological polar surface area (TPSA) is 200 Å². The zero-order valence-corrected chi connectivity index (χ0v) is 15.4. The van der Waals surface area contributed by atoms with E-state index in [0.717, 1.165) is 0 Å². The Morgan fingerprint density at radius 3 is 1.96 bits per heavy atom. The Morgan fingerprint density at radius 2 is 1.52 bits per heavy atom. The molecule has 0 rings (SSSR count). The summed E-state index contributed by atoms with van der Waals surface area (Å²) in [6.45, 7) is 3.02. The van der Waals surface area contributed by atoms with Crippen molar-refractivity contribution in [3.8, 4) is 0 Å². The second-order valence-corrected chi connectivity index (χ2v) is 6.08. The molecule has 4 amide bonds. The fourth-order valence-corrected chi connectivity index (χ4v) is 1.89. The van der Waals surface area contributed by atoms with E-state index in [2.05, 4.69) is 21.3 Å². The number of carboxylic acids is 1. The van der Waals surface area contributed by atoms with Gasteiger partial charge in [0, 0.05) is 0 Å². The lowest BCUT2D eigenvalue weighted by molar-refractivity contribution is -0.143. The summed E-state index contributed by atoms with van der Waals surface area (Å²) < 4.78 is 0. The molecule has 0 fully saturated rings. The number of carboxylic acid groups (broad SMARTS) is 1. The molecule has 12 nitrogen and oxygen atoms in total. The molecule has 154 valence electrons. The summed E-state index contributed by atoms with van der Waals surface area (Å²) >= 11 is 0. The zero-order chi connectivity index (χ0) is 21.1. The van der Waals surface area contributed by atoms with Gasteiger partial charge in [0.1, 0.15) is 18.1 Å². The summed E-state index contributed by atoms with van der Waals surface area (Å²) in [6.07, 6.45) is 0. The van der Waals surface area contributed by atoms with Crippen molar-refractivity contribution >= 4 is 29.6 Å². The fourth-order valence-electron chi connectivity index (χ4n) is 1.89. The molecule has 0 aliphatic carbocycles. The number of amides is 4. The first-order valence-electron chi connectivity index (χ1n) is 8.24. The minimum absolute atomic E-state index is 0.354. The number of aliphatic hydroxyl groups is 1. The standard InChI is InChI=1S/C15H27N5O7/c1-7(2)12(15(26)27)20-13(24)8(3)18-11(23)5-17-14(25)9(6-21)19-10(22)4-16/h7-9,12,21H,4-6,16H2,1-3H3,(H,17,25)(H,18,23)(H,19,22)(H,20,24)(H,26,27)/t8-,9-,12-/m0/s1. The SMILES string of the molecule is CC(C)[C@H](NC(=O)[C@H](C)NC(=O)CNC(=O)[C@H](CO)NC(=O)CN)C(=O)O. The van der Waals surface area contributed by atoms with E-state index in [1.807, 2.05) is 0 Å². The van der Waals surface area contributed by atoms with Crippen LogP contribution in [0.15, 0.2) is 0 Å². The second kappa shape index (κ2) is 11.8. The van der Waals surface area contributed by atoms with E-state index < -0.39 is 60.9 Å². The van der Waals surface area contributed by atoms with Crippen molar-refractivity contribution in [1.82, 2.24) is 21.3 Å². The third-order valence-corrected chi connectivity index (χ3v) is 3.44. The average molecular weight is 389 g/mol. The van der Waals surface area contributed by atoms with Crippen molar-refractivity contribution in [2.24, 2.45) is 11.7 Å². The zero-order valence-electron chi connectivity index (χ0n) is 15.4. The molecule has 0 aliphatic heterocycles. The monoisotopic (exact) mass is 389 g/mol. The van der Waals surface area contributed by atoms with Crippen LogP contribution in [-0.2, 0) is 24.0 Å². The molecule has 27 heavy (non-hydrogen) atoms. The van der Waals surface area contributed by atoms with Crippen molar-refractivity contribution in [3.63, 3.8) is 0 Å². The number of aliphatic carboxylic acids is 1.